The van der Waals surface area contributed by atoms with Crippen molar-refractivity contribution >= 4 is 11.8 Å². The molecule has 20 heavy (non-hydrogen) atoms. The van der Waals surface area contributed by atoms with Crippen LogP contribution in [-0.2, 0) is 0 Å². The number of hydrogen-bond donors (Lipinski definition) is 3. The number of carbonyl (C=O) groups is 1. The quantitative estimate of drug-likeness (QED) is 0.795. The molecule has 0 bridgehead atoms. The molecule has 6 nitrogen and oxygen atoms in total. The number of ether oxygens (including phenoxy) is 1. The zero-order valence-corrected chi connectivity index (χ0v) is 11.6. The van der Waals surface area contributed by atoms with Gasteiger partial charge in [0.05, 0.1) is 12.7 Å². The molecule has 1 aromatic carbocycles. The Hall–Kier alpha value is -2.50. The molecule has 0 aliphatic rings. The third kappa shape index (κ3) is 2.32. The van der Waals surface area contributed by atoms with Crippen LogP contribution in [0.3, 0.4) is 0 Å². The Morgan fingerprint density at radius 1 is 1.45 bits per heavy atom. The highest BCUT2D eigenvalue weighted by Crippen LogP contribution is 2.34. The van der Waals surface area contributed by atoms with Crippen molar-refractivity contribution in [2.45, 2.75) is 19.8 Å². The van der Waals surface area contributed by atoms with E-state index in [0.29, 0.717) is 11.1 Å². The molecule has 6 heteroatoms. The van der Waals surface area contributed by atoms with E-state index in [4.69, 9.17) is 15.6 Å². The number of aromatic amines is 1. The number of benzene rings is 1. The van der Waals surface area contributed by atoms with Crippen molar-refractivity contribution in [3.8, 4) is 16.9 Å². The number of aromatic nitrogens is 2. The monoisotopic (exact) mass is 275 g/mol. The molecule has 0 amide bonds. The van der Waals surface area contributed by atoms with Gasteiger partial charge in [0.2, 0.25) is 0 Å². The molecule has 4 N–H and O–H groups in total. The number of methoxy groups -OCH3 is 1. The van der Waals surface area contributed by atoms with Crippen LogP contribution in [0.5, 0.6) is 5.75 Å². The summed E-state index contributed by atoms with van der Waals surface area (Å²) in [5, 5.41) is 15.4. The van der Waals surface area contributed by atoms with Gasteiger partial charge in [0.15, 0.2) is 11.5 Å². The van der Waals surface area contributed by atoms with Gasteiger partial charge >= 0.3 is 5.97 Å². The van der Waals surface area contributed by atoms with Gasteiger partial charge in [0.1, 0.15) is 5.75 Å². The SMILES string of the molecule is COc1ccc(-c2c(N)n[nH]c2C(=O)O)cc1C(C)C. The molecule has 0 radical (unpaired) electrons. The van der Waals surface area contributed by atoms with E-state index in [1.165, 1.54) is 0 Å². The Balaban J connectivity index is 2.62. The highest BCUT2D eigenvalue weighted by atomic mass is 16.5. The molecular formula is C14H17N3O3. The third-order valence-electron chi connectivity index (χ3n) is 3.15. The minimum atomic E-state index is -1.09. The number of hydrogen-bond acceptors (Lipinski definition) is 4. The molecule has 2 rings (SSSR count). The van der Waals surface area contributed by atoms with Gasteiger partial charge in [0.25, 0.3) is 0 Å². The van der Waals surface area contributed by atoms with Crippen molar-refractivity contribution in [2.24, 2.45) is 0 Å². The standard InChI is InChI=1S/C14H17N3O3/c1-7(2)9-6-8(4-5-10(9)20-3)11-12(14(18)19)16-17-13(11)15/h4-7H,1-3H3,(H,18,19)(H3,15,16,17). The van der Waals surface area contributed by atoms with Crippen LogP contribution in [0.15, 0.2) is 18.2 Å². The Labute approximate surface area is 116 Å². The third-order valence-corrected chi connectivity index (χ3v) is 3.15. The number of nitrogens with zero attached hydrogens (tertiary/aromatic N) is 1. The summed E-state index contributed by atoms with van der Waals surface area (Å²) in [6.07, 6.45) is 0. The predicted molar refractivity (Wildman–Crippen MR) is 76.0 cm³/mol. The average molecular weight is 275 g/mol. The first kappa shape index (κ1) is 13.9. The summed E-state index contributed by atoms with van der Waals surface area (Å²) in [4.78, 5) is 11.2. The van der Waals surface area contributed by atoms with Crippen molar-refractivity contribution in [1.82, 2.24) is 10.2 Å². The highest BCUT2D eigenvalue weighted by Gasteiger charge is 2.20. The van der Waals surface area contributed by atoms with E-state index >= 15 is 0 Å². The number of H-pyrrole nitrogens is 1. The first-order chi connectivity index (χ1) is 9.45. The molecule has 0 saturated heterocycles. The van der Waals surface area contributed by atoms with Crippen LogP contribution in [0.4, 0.5) is 5.82 Å². The second kappa shape index (κ2) is 5.24. The zero-order chi connectivity index (χ0) is 14.9. The molecule has 0 unspecified atom stereocenters. The van der Waals surface area contributed by atoms with Gasteiger partial charge in [0, 0.05) is 0 Å². The lowest BCUT2D eigenvalue weighted by Crippen LogP contribution is -2.01. The smallest absolute Gasteiger partial charge is 0.354 e. The minimum Gasteiger partial charge on any atom is -0.496 e. The number of anilines is 1. The first-order valence-electron chi connectivity index (χ1n) is 6.21. The van der Waals surface area contributed by atoms with Gasteiger partial charge in [-0.25, -0.2) is 4.79 Å². The molecule has 0 atom stereocenters. The second-order valence-corrected chi connectivity index (χ2v) is 4.78. The van der Waals surface area contributed by atoms with Crippen LogP contribution < -0.4 is 10.5 Å². The number of carboxylic acid groups (broad SMARTS) is 1. The molecule has 0 spiro atoms. The molecule has 1 aromatic heterocycles. The number of rotatable bonds is 4. The van der Waals surface area contributed by atoms with E-state index in [1.54, 1.807) is 13.2 Å². The lowest BCUT2D eigenvalue weighted by molar-refractivity contribution is 0.0691. The van der Waals surface area contributed by atoms with Gasteiger partial charge in [-0.2, -0.15) is 5.10 Å². The number of nitrogens with two attached hydrogens (primary N) is 1. The van der Waals surface area contributed by atoms with Crippen LogP contribution in [0.25, 0.3) is 11.1 Å². The van der Waals surface area contributed by atoms with E-state index < -0.39 is 5.97 Å². The van der Waals surface area contributed by atoms with E-state index in [2.05, 4.69) is 10.2 Å². The summed E-state index contributed by atoms with van der Waals surface area (Å²) in [6, 6.07) is 5.47. The summed E-state index contributed by atoms with van der Waals surface area (Å²) >= 11 is 0. The highest BCUT2D eigenvalue weighted by molar-refractivity contribution is 5.97. The van der Waals surface area contributed by atoms with Crippen molar-refractivity contribution in [2.75, 3.05) is 12.8 Å². The van der Waals surface area contributed by atoms with Crippen LogP contribution in [-0.4, -0.2) is 28.4 Å². The maximum Gasteiger partial charge on any atom is 0.354 e. The van der Waals surface area contributed by atoms with Crippen LogP contribution >= 0.6 is 0 Å². The average Bonchev–Trinajstić information content (AvgIpc) is 2.80. The van der Waals surface area contributed by atoms with E-state index in [9.17, 15) is 4.79 Å². The molecule has 0 aliphatic carbocycles. The van der Waals surface area contributed by atoms with Gasteiger partial charge in [-0.3, -0.25) is 5.10 Å². The van der Waals surface area contributed by atoms with Crippen LogP contribution in [0.2, 0.25) is 0 Å². The summed E-state index contributed by atoms with van der Waals surface area (Å²) in [5.41, 5.74) is 7.86. The normalized spacial score (nSPS) is 10.8. The molecular weight excluding hydrogens is 258 g/mol. The molecule has 0 fully saturated rings. The summed E-state index contributed by atoms with van der Waals surface area (Å²) in [7, 11) is 1.61. The summed E-state index contributed by atoms with van der Waals surface area (Å²) in [6.45, 7) is 4.08. The fourth-order valence-corrected chi connectivity index (χ4v) is 2.14. The predicted octanol–water partition coefficient (Wildman–Crippen LogP) is 2.49. The molecule has 0 saturated carbocycles. The first-order valence-corrected chi connectivity index (χ1v) is 6.21. The maximum atomic E-state index is 11.2. The van der Waals surface area contributed by atoms with E-state index in [0.717, 1.165) is 11.3 Å². The van der Waals surface area contributed by atoms with Crippen molar-refractivity contribution in [1.29, 1.82) is 0 Å². The van der Waals surface area contributed by atoms with Crippen LogP contribution in [0.1, 0.15) is 35.8 Å². The van der Waals surface area contributed by atoms with Crippen molar-refractivity contribution in [3.05, 3.63) is 29.5 Å². The van der Waals surface area contributed by atoms with Gasteiger partial charge < -0.3 is 15.6 Å². The Morgan fingerprint density at radius 3 is 2.70 bits per heavy atom. The van der Waals surface area contributed by atoms with Gasteiger partial charge in [-0.05, 0) is 29.2 Å². The van der Waals surface area contributed by atoms with Crippen molar-refractivity contribution < 1.29 is 14.6 Å². The molecule has 2 aromatic rings. The lowest BCUT2D eigenvalue weighted by atomic mass is 9.96. The lowest BCUT2D eigenvalue weighted by Gasteiger charge is -2.13. The minimum absolute atomic E-state index is 0.0117. The number of aromatic carboxylic acids is 1. The van der Waals surface area contributed by atoms with Gasteiger partial charge in [-0.15, -0.1) is 0 Å². The Bertz CT molecular complexity index is 647. The Morgan fingerprint density at radius 2 is 2.15 bits per heavy atom. The topological polar surface area (TPSA) is 101 Å². The fraction of sp³-hybridized carbons (Fsp3) is 0.286. The maximum absolute atomic E-state index is 11.2. The summed E-state index contributed by atoms with van der Waals surface area (Å²) in [5.74, 6) is 0.0855. The number of carboxylic acids is 1. The van der Waals surface area contributed by atoms with Gasteiger partial charge in [-0.1, -0.05) is 19.9 Å². The van der Waals surface area contributed by atoms with E-state index in [1.807, 2.05) is 26.0 Å². The van der Waals surface area contributed by atoms with E-state index in [-0.39, 0.29) is 17.4 Å². The molecule has 0 aliphatic heterocycles. The van der Waals surface area contributed by atoms with Crippen molar-refractivity contribution in [3.63, 3.8) is 0 Å². The fourth-order valence-electron chi connectivity index (χ4n) is 2.14. The zero-order valence-electron chi connectivity index (χ0n) is 11.6. The number of nitrogens with one attached hydrogen (secondary N) is 1. The summed E-state index contributed by atoms with van der Waals surface area (Å²) < 4.78 is 5.32. The second-order valence-electron chi connectivity index (χ2n) is 4.78. The van der Waals surface area contributed by atoms with Crippen LogP contribution in [0, 0.1) is 0 Å². The molecule has 1 heterocycles. The largest absolute Gasteiger partial charge is 0.496 e. The number of nitrogen functional groups attached to an aromatic ring is 1. The Kier molecular flexibility index (Phi) is 3.65. The molecule has 106 valence electrons.